The topological polar surface area (TPSA) is 29.9 Å². The molecule has 0 radical (unpaired) electrons. The van der Waals surface area contributed by atoms with Crippen molar-refractivity contribution in [3.8, 4) is 0 Å². The first-order chi connectivity index (χ1) is 8.19. The van der Waals surface area contributed by atoms with Crippen LogP contribution in [0.3, 0.4) is 0 Å². The van der Waals surface area contributed by atoms with Crippen LogP contribution in [0.2, 0.25) is 0 Å². The zero-order valence-electron chi connectivity index (χ0n) is 10.1. The van der Waals surface area contributed by atoms with Gasteiger partial charge in [0, 0.05) is 12.2 Å². The summed E-state index contributed by atoms with van der Waals surface area (Å²) in [7, 11) is 0. The van der Waals surface area contributed by atoms with E-state index in [0.29, 0.717) is 6.54 Å². The van der Waals surface area contributed by atoms with Gasteiger partial charge >= 0.3 is 0 Å². The van der Waals surface area contributed by atoms with Crippen LogP contribution in [0, 0.1) is 12.7 Å². The van der Waals surface area contributed by atoms with E-state index in [1.54, 1.807) is 12.1 Å². The zero-order chi connectivity index (χ0) is 12.3. The van der Waals surface area contributed by atoms with Crippen molar-refractivity contribution >= 4 is 5.69 Å². The maximum atomic E-state index is 12.7. The molecule has 1 heterocycles. The summed E-state index contributed by atoms with van der Waals surface area (Å²) in [5.41, 5.74) is 3.06. The van der Waals surface area contributed by atoms with E-state index in [1.807, 2.05) is 11.6 Å². The summed E-state index contributed by atoms with van der Waals surface area (Å²) in [6.07, 6.45) is 0. The molecule has 0 saturated heterocycles. The molecule has 0 aliphatic rings. The van der Waals surface area contributed by atoms with E-state index in [2.05, 4.69) is 23.4 Å². The SMILES string of the molecule is CCn1nc(C)cc1CNc1ccc(F)cc1. The van der Waals surface area contributed by atoms with Crippen molar-refractivity contribution in [1.82, 2.24) is 9.78 Å². The van der Waals surface area contributed by atoms with Crippen LogP contribution < -0.4 is 5.32 Å². The van der Waals surface area contributed by atoms with Crippen molar-refractivity contribution in [1.29, 1.82) is 0 Å². The molecule has 0 fully saturated rings. The molecule has 0 spiro atoms. The Balaban J connectivity index is 2.04. The molecule has 2 rings (SSSR count). The molecule has 2 aromatic rings. The first-order valence-electron chi connectivity index (χ1n) is 5.72. The monoisotopic (exact) mass is 233 g/mol. The zero-order valence-corrected chi connectivity index (χ0v) is 10.1. The molecule has 0 saturated carbocycles. The lowest BCUT2D eigenvalue weighted by atomic mass is 10.3. The summed E-state index contributed by atoms with van der Waals surface area (Å²) in [6, 6.07) is 8.42. The van der Waals surface area contributed by atoms with Crippen LogP contribution in [0.5, 0.6) is 0 Å². The van der Waals surface area contributed by atoms with Gasteiger partial charge in [0.05, 0.1) is 17.9 Å². The minimum absolute atomic E-state index is 0.218. The third-order valence-corrected chi connectivity index (χ3v) is 2.60. The Labute approximate surface area is 100 Å². The second-order valence-corrected chi connectivity index (χ2v) is 3.95. The van der Waals surface area contributed by atoms with Crippen molar-refractivity contribution in [3.63, 3.8) is 0 Å². The minimum atomic E-state index is -0.218. The number of nitrogens with zero attached hydrogens (tertiary/aromatic N) is 2. The molecule has 0 aliphatic heterocycles. The minimum Gasteiger partial charge on any atom is -0.379 e. The number of aryl methyl sites for hydroxylation is 2. The van der Waals surface area contributed by atoms with Gasteiger partial charge in [0.1, 0.15) is 5.82 Å². The van der Waals surface area contributed by atoms with Crippen LogP contribution in [0.15, 0.2) is 30.3 Å². The highest BCUT2D eigenvalue weighted by atomic mass is 19.1. The Hall–Kier alpha value is -1.84. The van der Waals surface area contributed by atoms with Crippen LogP contribution in [0.1, 0.15) is 18.3 Å². The normalized spacial score (nSPS) is 10.5. The Morgan fingerprint density at radius 1 is 1.29 bits per heavy atom. The molecule has 3 nitrogen and oxygen atoms in total. The standard InChI is InChI=1S/C13H16FN3/c1-3-17-13(8-10(2)16-17)9-15-12-6-4-11(14)5-7-12/h4-8,15H,3,9H2,1-2H3. The van der Waals surface area contributed by atoms with Crippen molar-refractivity contribution in [2.45, 2.75) is 26.9 Å². The third kappa shape index (κ3) is 2.84. The van der Waals surface area contributed by atoms with Crippen LogP contribution in [-0.2, 0) is 13.1 Å². The van der Waals surface area contributed by atoms with E-state index < -0.39 is 0 Å². The molecule has 17 heavy (non-hydrogen) atoms. The van der Waals surface area contributed by atoms with Gasteiger partial charge in [0.2, 0.25) is 0 Å². The fraction of sp³-hybridized carbons (Fsp3) is 0.308. The van der Waals surface area contributed by atoms with E-state index in [0.717, 1.165) is 23.6 Å². The maximum absolute atomic E-state index is 12.7. The van der Waals surface area contributed by atoms with Crippen LogP contribution >= 0.6 is 0 Å². The molecule has 4 heteroatoms. The molecule has 90 valence electrons. The van der Waals surface area contributed by atoms with Gasteiger partial charge in [-0.15, -0.1) is 0 Å². The predicted molar refractivity (Wildman–Crippen MR) is 66.4 cm³/mol. The van der Waals surface area contributed by atoms with Gasteiger partial charge in [0.15, 0.2) is 0 Å². The molecular weight excluding hydrogens is 217 g/mol. The van der Waals surface area contributed by atoms with Crippen molar-refractivity contribution in [2.24, 2.45) is 0 Å². The number of rotatable bonds is 4. The molecule has 0 atom stereocenters. The lowest BCUT2D eigenvalue weighted by Gasteiger charge is -2.07. The van der Waals surface area contributed by atoms with Gasteiger partial charge in [-0.25, -0.2) is 4.39 Å². The highest BCUT2D eigenvalue weighted by Crippen LogP contribution is 2.11. The van der Waals surface area contributed by atoms with Crippen molar-refractivity contribution in [2.75, 3.05) is 5.32 Å². The smallest absolute Gasteiger partial charge is 0.123 e. The lowest BCUT2D eigenvalue weighted by molar-refractivity contribution is 0.622. The van der Waals surface area contributed by atoms with Crippen LogP contribution in [0.4, 0.5) is 10.1 Å². The Morgan fingerprint density at radius 3 is 2.65 bits per heavy atom. The van der Waals surface area contributed by atoms with E-state index >= 15 is 0 Å². The molecule has 0 amide bonds. The van der Waals surface area contributed by atoms with Crippen LogP contribution in [0.25, 0.3) is 0 Å². The van der Waals surface area contributed by atoms with Gasteiger partial charge in [-0.3, -0.25) is 4.68 Å². The molecule has 1 N–H and O–H groups in total. The molecule has 0 unspecified atom stereocenters. The quantitative estimate of drug-likeness (QED) is 0.879. The van der Waals surface area contributed by atoms with E-state index in [9.17, 15) is 4.39 Å². The Kier molecular flexibility index (Phi) is 3.42. The number of benzene rings is 1. The van der Waals surface area contributed by atoms with Gasteiger partial charge in [-0.05, 0) is 44.2 Å². The van der Waals surface area contributed by atoms with Crippen molar-refractivity contribution in [3.05, 3.63) is 47.5 Å². The number of aromatic nitrogens is 2. The molecule has 0 bridgehead atoms. The molecule has 1 aromatic carbocycles. The molecular formula is C13H16FN3. The second kappa shape index (κ2) is 4.99. The third-order valence-electron chi connectivity index (χ3n) is 2.60. The van der Waals surface area contributed by atoms with Gasteiger partial charge < -0.3 is 5.32 Å². The first kappa shape index (κ1) is 11.6. The van der Waals surface area contributed by atoms with Crippen LogP contribution in [-0.4, -0.2) is 9.78 Å². The maximum Gasteiger partial charge on any atom is 0.123 e. The summed E-state index contributed by atoms with van der Waals surface area (Å²) in [5.74, 6) is -0.218. The largest absolute Gasteiger partial charge is 0.379 e. The predicted octanol–water partition coefficient (Wildman–Crippen LogP) is 2.96. The van der Waals surface area contributed by atoms with Crippen molar-refractivity contribution < 1.29 is 4.39 Å². The average Bonchev–Trinajstić information content (AvgIpc) is 2.69. The number of hydrogen-bond donors (Lipinski definition) is 1. The van der Waals surface area contributed by atoms with E-state index in [-0.39, 0.29) is 5.82 Å². The summed E-state index contributed by atoms with van der Waals surface area (Å²) in [4.78, 5) is 0. The van der Waals surface area contributed by atoms with Gasteiger partial charge in [0.25, 0.3) is 0 Å². The summed E-state index contributed by atoms with van der Waals surface area (Å²) >= 11 is 0. The first-order valence-corrected chi connectivity index (χ1v) is 5.72. The Morgan fingerprint density at radius 2 is 2.00 bits per heavy atom. The Bertz CT molecular complexity index is 488. The number of anilines is 1. The second-order valence-electron chi connectivity index (χ2n) is 3.95. The molecule has 0 aliphatic carbocycles. The highest BCUT2D eigenvalue weighted by molar-refractivity contribution is 5.43. The average molecular weight is 233 g/mol. The fourth-order valence-electron chi connectivity index (χ4n) is 1.78. The van der Waals surface area contributed by atoms with E-state index in [4.69, 9.17) is 0 Å². The summed E-state index contributed by atoms with van der Waals surface area (Å²) in [6.45, 7) is 5.59. The molecule has 1 aromatic heterocycles. The summed E-state index contributed by atoms with van der Waals surface area (Å²) < 4.78 is 14.7. The number of hydrogen-bond acceptors (Lipinski definition) is 2. The summed E-state index contributed by atoms with van der Waals surface area (Å²) in [5, 5.41) is 7.62. The lowest BCUT2D eigenvalue weighted by Crippen LogP contribution is -2.07. The van der Waals surface area contributed by atoms with Gasteiger partial charge in [-0.1, -0.05) is 0 Å². The highest BCUT2D eigenvalue weighted by Gasteiger charge is 2.03. The van der Waals surface area contributed by atoms with Gasteiger partial charge in [-0.2, -0.15) is 5.10 Å². The number of nitrogens with one attached hydrogen (secondary N) is 1. The fourth-order valence-corrected chi connectivity index (χ4v) is 1.78. The number of halogens is 1. The van der Waals surface area contributed by atoms with E-state index in [1.165, 1.54) is 12.1 Å².